The predicted octanol–water partition coefficient (Wildman–Crippen LogP) is 5.88. The fraction of sp³-hybridized carbons (Fsp3) is 0.316. The summed E-state index contributed by atoms with van der Waals surface area (Å²) in [5.41, 5.74) is 6.77. The normalized spacial score (nSPS) is 16.8. The summed E-state index contributed by atoms with van der Waals surface area (Å²) in [4.78, 5) is 32.3. The Bertz CT molecular complexity index is 1770. The summed E-state index contributed by atoms with van der Waals surface area (Å²) in [5, 5.41) is 7.49. The minimum atomic E-state index is -0.321. The van der Waals surface area contributed by atoms with Crippen LogP contribution in [0.5, 0.6) is 0 Å². The largest absolute Gasteiger partial charge is 0.351 e. The second-order valence-electron chi connectivity index (χ2n) is 12.2. The van der Waals surface area contributed by atoms with Crippen molar-refractivity contribution in [1.29, 1.82) is 0 Å². The van der Waals surface area contributed by atoms with E-state index in [-0.39, 0.29) is 17.7 Å². The molecule has 1 aliphatic carbocycles. The second-order valence-corrected chi connectivity index (χ2v) is 12.2. The maximum Gasteiger partial charge on any atom is 0.229 e. The Morgan fingerprint density at radius 1 is 0.935 bits per heavy atom. The van der Waals surface area contributed by atoms with Crippen molar-refractivity contribution in [3.05, 3.63) is 126 Å². The molecule has 4 aromatic heterocycles. The van der Waals surface area contributed by atoms with Gasteiger partial charge in [-0.15, -0.1) is 6.42 Å². The molecular formula is C38H39N7O. The van der Waals surface area contributed by atoms with Crippen LogP contribution < -0.4 is 5.32 Å². The van der Waals surface area contributed by atoms with Crippen LogP contribution in [-0.2, 0) is 37.6 Å². The molecule has 4 heterocycles. The Morgan fingerprint density at radius 2 is 1.74 bits per heavy atom. The van der Waals surface area contributed by atoms with Crippen LogP contribution in [-0.4, -0.2) is 35.6 Å². The van der Waals surface area contributed by atoms with Gasteiger partial charge in [0.25, 0.3) is 0 Å². The summed E-state index contributed by atoms with van der Waals surface area (Å²) in [7, 11) is 1.90. The predicted molar refractivity (Wildman–Crippen MR) is 178 cm³/mol. The number of nitrogens with zero attached hydrogens (tertiary/aromatic N) is 6. The van der Waals surface area contributed by atoms with Crippen molar-refractivity contribution in [2.75, 3.05) is 0 Å². The molecule has 1 atom stereocenters. The van der Waals surface area contributed by atoms with Gasteiger partial charge in [-0.25, -0.2) is 9.97 Å². The molecule has 0 saturated heterocycles. The van der Waals surface area contributed by atoms with E-state index in [4.69, 9.17) is 16.4 Å². The lowest BCUT2D eigenvalue weighted by Gasteiger charge is -2.33. The lowest BCUT2D eigenvalue weighted by Crippen LogP contribution is -2.35. The number of pyridine rings is 2. The van der Waals surface area contributed by atoms with Crippen LogP contribution in [0, 0.1) is 24.2 Å². The smallest absolute Gasteiger partial charge is 0.229 e. The Kier molecular flexibility index (Phi) is 9.89. The van der Waals surface area contributed by atoms with Crippen LogP contribution in [0.3, 0.4) is 0 Å². The van der Waals surface area contributed by atoms with Crippen molar-refractivity contribution in [3.8, 4) is 23.5 Å². The van der Waals surface area contributed by atoms with E-state index in [2.05, 4.69) is 26.3 Å². The van der Waals surface area contributed by atoms with Crippen LogP contribution in [0.4, 0.5) is 0 Å². The van der Waals surface area contributed by atoms with Gasteiger partial charge in [-0.1, -0.05) is 42.3 Å². The van der Waals surface area contributed by atoms with Gasteiger partial charge in [0.2, 0.25) is 5.91 Å². The lowest BCUT2D eigenvalue weighted by atomic mass is 9.73. The van der Waals surface area contributed by atoms with Crippen molar-refractivity contribution in [2.45, 2.75) is 57.4 Å². The summed E-state index contributed by atoms with van der Waals surface area (Å²) < 4.78 is 1.78. The van der Waals surface area contributed by atoms with Crippen molar-refractivity contribution in [2.24, 2.45) is 18.9 Å². The van der Waals surface area contributed by atoms with E-state index in [1.54, 1.807) is 10.9 Å². The van der Waals surface area contributed by atoms with E-state index in [9.17, 15) is 4.79 Å². The SMILES string of the molecule is C#Cc1cnc(C[C@H]2CC[C@H](C(C(=O)NCc3ccccc3)c3ccc(-c4cnn(C)c4)cn3)CC2)nc1CCc1ccncc1. The van der Waals surface area contributed by atoms with Crippen molar-refractivity contribution < 1.29 is 4.79 Å². The van der Waals surface area contributed by atoms with Crippen LogP contribution in [0.15, 0.2) is 91.8 Å². The number of hydrogen-bond acceptors (Lipinski definition) is 6. The molecule has 8 nitrogen and oxygen atoms in total. The Hall–Kier alpha value is -5.16. The molecule has 1 saturated carbocycles. The zero-order chi connectivity index (χ0) is 31.7. The highest BCUT2D eigenvalue weighted by atomic mass is 16.1. The van der Waals surface area contributed by atoms with Gasteiger partial charge in [-0.05, 0) is 79.7 Å². The van der Waals surface area contributed by atoms with Gasteiger partial charge in [0.05, 0.1) is 29.1 Å². The first-order valence-electron chi connectivity index (χ1n) is 16.0. The third kappa shape index (κ3) is 7.73. The van der Waals surface area contributed by atoms with Crippen molar-refractivity contribution in [1.82, 2.24) is 35.0 Å². The van der Waals surface area contributed by atoms with Gasteiger partial charge in [0.15, 0.2) is 0 Å². The number of amides is 1. The Balaban J connectivity index is 1.13. The van der Waals surface area contributed by atoms with Gasteiger partial charge in [-0.2, -0.15) is 5.10 Å². The van der Waals surface area contributed by atoms with Gasteiger partial charge < -0.3 is 5.32 Å². The maximum absolute atomic E-state index is 13.8. The molecule has 0 bridgehead atoms. The first-order valence-corrected chi connectivity index (χ1v) is 16.0. The molecule has 1 aliphatic rings. The number of carbonyl (C=O) groups is 1. The third-order valence-electron chi connectivity index (χ3n) is 9.04. The lowest BCUT2D eigenvalue weighted by molar-refractivity contribution is -0.124. The van der Waals surface area contributed by atoms with Gasteiger partial charge in [0.1, 0.15) is 5.82 Å². The highest BCUT2D eigenvalue weighted by Gasteiger charge is 2.34. The minimum Gasteiger partial charge on any atom is -0.351 e. The number of terminal acetylenes is 1. The summed E-state index contributed by atoms with van der Waals surface area (Å²) in [6, 6.07) is 18.1. The van der Waals surface area contributed by atoms with E-state index >= 15 is 0 Å². The molecule has 8 heteroatoms. The average molecular weight is 610 g/mol. The monoisotopic (exact) mass is 609 g/mol. The zero-order valence-corrected chi connectivity index (χ0v) is 26.2. The summed E-state index contributed by atoms with van der Waals surface area (Å²) in [6.45, 7) is 0.494. The van der Waals surface area contributed by atoms with Gasteiger partial charge in [0, 0.05) is 62.1 Å². The van der Waals surface area contributed by atoms with E-state index in [1.165, 1.54) is 5.56 Å². The fourth-order valence-electron chi connectivity index (χ4n) is 6.48. The van der Waals surface area contributed by atoms with Gasteiger partial charge >= 0.3 is 0 Å². The molecule has 0 radical (unpaired) electrons. The molecule has 0 aliphatic heterocycles. The highest BCUT2D eigenvalue weighted by Crippen LogP contribution is 2.39. The Labute approximate surface area is 270 Å². The number of aromatic nitrogens is 6. The van der Waals surface area contributed by atoms with Crippen molar-refractivity contribution >= 4 is 5.91 Å². The summed E-state index contributed by atoms with van der Waals surface area (Å²) >= 11 is 0. The molecule has 46 heavy (non-hydrogen) atoms. The zero-order valence-electron chi connectivity index (χ0n) is 26.2. The maximum atomic E-state index is 13.8. The standard InChI is InChI=1S/C38H39N7O/c1-3-30-23-41-36(44-34(30)15-11-27-17-19-39-20-18-27)21-28-9-12-31(13-10-28)37(38(46)42-22-29-7-5-4-6-8-29)35-16-14-32(24-40-35)33-25-43-45(2)26-33/h1,4-8,14,16-20,23-26,28,31,37H,9-13,15,21-22H2,2H3,(H,42,46)/t28-,31-,37?. The van der Waals surface area contributed by atoms with E-state index in [0.29, 0.717) is 12.5 Å². The molecule has 5 aromatic rings. The molecule has 1 aromatic carbocycles. The average Bonchev–Trinajstić information content (AvgIpc) is 3.54. The topological polar surface area (TPSA) is 98.5 Å². The molecule has 1 fully saturated rings. The first kappa shape index (κ1) is 30.8. The van der Waals surface area contributed by atoms with E-state index in [0.717, 1.165) is 84.4 Å². The number of hydrogen-bond donors (Lipinski definition) is 1. The molecule has 1 unspecified atom stereocenters. The van der Waals surface area contributed by atoms with E-state index < -0.39 is 0 Å². The minimum absolute atomic E-state index is 0.0287. The summed E-state index contributed by atoms with van der Waals surface area (Å²) in [6.07, 6.45) is 23.2. The van der Waals surface area contributed by atoms with Crippen LogP contribution in [0.2, 0.25) is 0 Å². The quantitative estimate of drug-likeness (QED) is 0.188. The van der Waals surface area contributed by atoms with Crippen LogP contribution in [0.25, 0.3) is 11.1 Å². The molecule has 0 spiro atoms. The number of nitrogens with one attached hydrogen (secondary N) is 1. The molecule has 232 valence electrons. The number of aryl methyl sites for hydroxylation is 3. The molecular weight excluding hydrogens is 570 g/mol. The third-order valence-corrected chi connectivity index (χ3v) is 9.04. The molecule has 6 rings (SSSR count). The second kappa shape index (κ2) is 14.7. The first-order chi connectivity index (χ1) is 22.6. The van der Waals surface area contributed by atoms with Crippen molar-refractivity contribution in [3.63, 3.8) is 0 Å². The summed E-state index contributed by atoms with van der Waals surface area (Å²) in [5.74, 6) is 3.96. The van der Waals surface area contributed by atoms with Crippen LogP contribution in [0.1, 0.15) is 65.5 Å². The van der Waals surface area contributed by atoms with E-state index in [1.807, 2.05) is 92.6 Å². The number of rotatable bonds is 11. The van der Waals surface area contributed by atoms with Gasteiger partial charge in [-0.3, -0.25) is 19.4 Å². The molecule has 1 N–H and O–H groups in total. The number of benzene rings is 1. The van der Waals surface area contributed by atoms with Crippen LogP contribution >= 0.6 is 0 Å². The Morgan fingerprint density at radius 3 is 2.43 bits per heavy atom. The molecule has 1 amide bonds. The fourth-order valence-corrected chi connectivity index (χ4v) is 6.48. The highest BCUT2D eigenvalue weighted by molar-refractivity contribution is 5.83. The number of carbonyl (C=O) groups excluding carboxylic acids is 1.